The van der Waals surface area contributed by atoms with Crippen LogP contribution in [0.3, 0.4) is 0 Å². The molecule has 0 amide bonds. The number of aliphatic hydroxyl groups is 1. The van der Waals surface area contributed by atoms with Crippen LogP contribution in [0.25, 0.3) is 0 Å². The van der Waals surface area contributed by atoms with Crippen LogP contribution in [0.15, 0.2) is 12.1 Å². The van der Waals surface area contributed by atoms with Crippen LogP contribution in [-0.2, 0) is 0 Å². The first-order valence-electron chi connectivity index (χ1n) is 5.21. The minimum Gasteiger partial charge on any atom is -0.487 e. The van der Waals surface area contributed by atoms with E-state index in [0.29, 0.717) is 0 Å². The van der Waals surface area contributed by atoms with Gasteiger partial charge in [0.1, 0.15) is 0 Å². The molecule has 2 nitrogen and oxygen atoms in total. The van der Waals surface area contributed by atoms with Gasteiger partial charge < -0.3 is 9.84 Å². The zero-order valence-corrected chi connectivity index (χ0v) is 9.63. The van der Waals surface area contributed by atoms with Gasteiger partial charge in [0.2, 0.25) is 0 Å². The molecule has 1 N–H and O–H groups in total. The van der Waals surface area contributed by atoms with Crippen molar-refractivity contribution in [3.05, 3.63) is 29.3 Å². The van der Waals surface area contributed by atoms with E-state index < -0.39 is 17.7 Å². The molecule has 0 aliphatic carbocycles. The maximum absolute atomic E-state index is 13.4. The van der Waals surface area contributed by atoms with Crippen molar-refractivity contribution in [2.45, 2.75) is 26.9 Å². The molecule has 1 rings (SSSR count). The van der Waals surface area contributed by atoms with Gasteiger partial charge in [0.25, 0.3) is 0 Å². The summed E-state index contributed by atoms with van der Waals surface area (Å²) in [5.41, 5.74) is 0.201. The van der Waals surface area contributed by atoms with Gasteiger partial charge in [-0.15, -0.1) is 0 Å². The van der Waals surface area contributed by atoms with Crippen LogP contribution >= 0.6 is 0 Å². The van der Waals surface area contributed by atoms with Crippen LogP contribution in [0.5, 0.6) is 5.75 Å². The molecule has 16 heavy (non-hydrogen) atoms. The Hall–Kier alpha value is -1.16. The molecule has 0 spiro atoms. The number of benzene rings is 1. The molecular formula is C12H16F2O2. The molecule has 0 bridgehead atoms. The predicted molar refractivity (Wildman–Crippen MR) is 57.3 cm³/mol. The van der Waals surface area contributed by atoms with Crippen molar-refractivity contribution in [3.63, 3.8) is 0 Å². The Bertz CT molecular complexity index is 339. The molecule has 0 heterocycles. The van der Waals surface area contributed by atoms with Crippen molar-refractivity contribution in [2.75, 3.05) is 6.61 Å². The number of ether oxygens (including phenoxy) is 1. The topological polar surface area (TPSA) is 29.5 Å². The van der Waals surface area contributed by atoms with Gasteiger partial charge in [-0.3, -0.25) is 0 Å². The molecule has 4 heteroatoms. The molecule has 90 valence electrons. The molecule has 0 saturated carbocycles. The van der Waals surface area contributed by atoms with Crippen molar-refractivity contribution < 1.29 is 18.6 Å². The molecule has 1 aromatic carbocycles. The van der Waals surface area contributed by atoms with E-state index in [1.807, 2.05) is 13.8 Å². The molecule has 1 unspecified atom stereocenters. The second kappa shape index (κ2) is 5.25. The van der Waals surface area contributed by atoms with Crippen molar-refractivity contribution in [3.8, 4) is 5.75 Å². The summed E-state index contributed by atoms with van der Waals surface area (Å²) in [6.07, 6.45) is -0.900. The Kier molecular flexibility index (Phi) is 4.24. The van der Waals surface area contributed by atoms with Gasteiger partial charge in [-0.25, -0.2) is 8.78 Å². The molecule has 0 fully saturated rings. The first-order valence-corrected chi connectivity index (χ1v) is 5.21. The zero-order valence-electron chi connectivity index (χ0n) is 9.63. The highest BCUT2D eigenvalue weighted by Gasteiger charge is 2.15. The molecule has 0 saturated heterocycles. The van der Waals surface area contributed by atoms with E-state index in [-0.39, 0.29) is 23.8 Å². The van der Waals surface area contributed by atoms with Crippen LogP contribution < -0.4 is 4.74 Å². The van der Waals surface area contributed by atoms with Crippen LogP contribution in [-0.4, -0.2) is 11.7 Å². The monoisotopic (exact) mass is 230 g/mol. The predicted octanol–water partition coefficient (Wildman–Crippen LogP) is 3.05. The fourth-order valence-electron chi connectivity index (χ4n) is 1.21. The fraction of sp³-hybridized carbons (Fsp3) is 0.500. The summed E-state index contributed by atoms with van der Waals surface area (Å²) in [5, 5.41) is 9.21. The van der Waals surface area contributed by atoms with Crippen LogP contribution in [0, 0.1) is 17.6 Å². The second-order valence-electron chi connectivity index (χ2n) is 4.19. The normalized spacial score (nSPS) is 12.9. The lowest BCUT2D eigenvalue weighted by atomic mass is 10.1. The number of aliphatic hydroxyl groups excluding tert-OH is 1. The Morgan fingerprint density at radius 1 is 1.19 bits per heavy atom. The molecule has 0 aromatic heterocycles. The molecule has 1 aromatic rings. The summed E-state index contributed by atoms with van der Waals surface area (Å²) < 4.78 is 31.9. The summed E-state index contributed by atoms with van der Waals surface area (Å²) in [5.74, 6) is -1.75. The van der Waals surface area contributed by atoms with Gasteiger partial charge in [0.05, 0.1) is 12.7 Å². The third kappa shape index (κ3) is 3.17. The minimum absolute atomic E-state index is 0.190. The summed E-state index contributed by atoms with van der Waals surface area (Å²) in [7, 11) is 0. The van der Waals surface area contributed by atoms with Crippen molar-refractivity contribution >= 4 is 0 Å². The van der Waals surface area contributed by atoms with Crippen molar-refractivity contribution in [2.24, 2.45) is 5.92 Å². The van der Waals surface area contributed by atoms with E-state index >= 15 is 0 Å². The highest BCUT2D eigenvalue weighted by atomic mass is 19.1. The van der Waals surface area contributed by atoms with Crippen LogP contribution in [0.4, 0.5) is 8.78 Å². The average Bonchev–Trinajstić information content (AvgIpc) is 2.15. The summed E-state index contributed by atoms with van der Waals surface area (Å²) in [6.45, 7) is 5.48. The Labute approximate surface area is 93.9 Å². The van der Waals surface area contributed by atoms with Gasteiger partial charge >= 0.3 is 0 Å². The number of rotatable bonds is 4. The highest BCUT2D eigenvalue weighted by molar-refractivity contribution is 5.32. The SMILES string of the molecule is CC(C)COc1c(F)cc(C(C)O)cc1F. The van der Waals surface area contributed by atoms with E-state index in [1.54, 1.807) is 0 Å². The Morgan fingerprint density at radius 3 is 2.06 bits per heavy atom. The minimum atomic E-state index is -0.900. The lowest BCUT2D eigenvalue weighted by Gasteiger charge is -2.12. The Morgan fingerprint density at radius 2 is 1.69 bits per heavy atom. The number of hydrogen-bond acceptors (Lipinski definition) is 2. The van der Waals surface area contributed by atoms with Gasteiger partial charge in [-0.05, 0) is 30.5 Å². The highest BCUT2D eigenvalue weighted by Crippen LogP contribution is 2.26. The van der Waals surface area contributed by atoms with E-state index in [1.165, 1.54) is 6.92 Å². The number of halogens is 2. The average molecular weight is 230 g/mol. The number of hydrogen-bond donors (Lipinski definition) is 1. The third-order valence-electron chi connectivity index (χ3n) is 2.06. The fourth-order valence-corrected chi connectivity index (χ4v) is 1.21. The van der Waals surface area contributed by atoms with Gasteiger partial charge in [-0.1, -0.05) is 13.8 Å². The van der Waals surface area contributed by atoms with Crippen molar-refractivity contribution in [1.29, 1.82) is 0 Å². The maximum atomic E-state index is 13.4. The zero-order chi connectivity index (χ0) is 12.3. The van der Waals surface area contributed by atoms with Gasteiger partial charge in [-0.2, -0.15) is 0 Å². The molecule has 1 atom stereocenters. The third-order valence-corrected chi connectivity index (χ3v) is 2.06. The first-order chi connectivity index (χ1) is 7.41. The Balaban J connectivity index is 2.94. The molecule has 0 aliphatic heterocycles. The summed E-state index contributed by atoms with van der Waals surface area (Å²) in [4.78, 5) is 0. The van der Waals surface area contributed by atoms with Crippen molar-refractivity contribution in [1.82, 2.24) is 0 Å². The standard InChI is InChI=1S/C12H16F2O2/c1-7(2)6-16-12-10(13)4-9(8(3)15)5-11(12)14/h4-5,7-8,15H,6H2,1-3H3. The summed E-state index contributed by atoms with van der Waals surface area (Å²) in [6, 6.07) is 2.17. The van der Waals surface area contributed by atoms with Gasteiger partial charge in [0.15, 0.2) is 17.4 Å². The maximum Gasteiger partial charge on any atom is 0.190 e. The second-order valence-corrected chi connectivity index (χ2v) is 4.19. The smallest absolute Gasteiger partial charge is 0.190 e. The van der Waals surface area contributed by atoms with Crippen LogP contribution in [0.2, 0.25) is 0 Å². The van der Waals surface area contributed by atoms with E-state index in [0.717, 1.165) is 12.1 Å². The quantitative estimate of drug-likeness (QED) is 0.861. The van der Waals surface area contributed by atoms with E-state index in [4.69, 9.17) is 4.74 Å². The van der Waals surface area contributed by atoms with E-state index in [2.05, 4.69) is 0 Å². The van der Waals surface area contributed by atoms with Crippen LogP contribution in [0.1, 0.15) is 32.4 Å². The first kappa shape index (κ1) is 12.9. The lowest BCUT2D eigenvalue weighted by molar-refractivity contribution is 0.197. The summed E-state index contributed by atoms with van der Waals surface area (Å²) >= 11 is 0. The molecule has 0 radical (unpaired) electrons. The lowest BCUT2D eigenvalue weighted by Crippen LogP contribution is -2.08. The largest absolute Gasteiger partial charge is 0.487 e. The molecule has 0 aliphatic rings. The molecular weight excluding hydrogens is 214 g/mol. The van der Waals surface area contributed by atoms with Gasteiger partial charge in [0, 0.05) is 0 Å². The van der Waals surface area contributed by atoms with E-state index in [9.17, 15) is 13.9 Å².